The molecule has 1 aliphatic rings. The molecule has 1 amide bonds. The monoisotopic (exact) mass is 494 g/mol. The molecule has 28 heavy (non-hydrogen) atoms. The van der Waals surface area contributed by atoms with Gasteiger partial charge in [0.15, 0.2) is 11.5 Å². The first-order valence-electron chi connectivity index (χ1n) is 9.51. The van der Waals surface area contributed by atoms with Gasteiger partial charge in [-0.1, -0.05) is 24.3 Å². The maximum atomic E-state index is 12.8. The lowest BCUT2D eigenvalue weighted by Crippen LogP contribution is -2.44. The molecule has 0 spiro atoms. The van der Waals surface area contributed by atoms with E-state index in [1.54, 1.807) is 20.3 Å². The molecule has 6 heteroatoms. The largest absolute Gasteiger partial charge is 0.493 e. The number of aryl methyl sites for hydroxylation is 1. The van der Waals surface area contributed by atoms with Crippen LogP contribution in [0, 0.1) is 10.5 Å². The van der Waals surface area contributed by atoms with E-state index < -0.39 is 0 Å². The maximum Gasteiger partial charge on any atom is 0.252 e. The topological polar surface area (TPSA) is 50.8 Å². The second kappa shape index (κ2) is 9.60. The van der Waals surface area contributed by atoms with E-state index in [4.69, 9.17) is 9.47 Å². The molecule has 150 valence electrons. The average molecular weight is 494 g/mol. The van der Waals surface area contributed by atoms with Gasteiger partial charge in [-0.2, -0.15) is 0 Å². The lowest BCUT2D eigenvalue weighted by molar-refractivity contribution is 0.0907. The van der Waals surface area contributed by atoms with Crippen LogP contribution < -0.4 is 14.8 Å². The molecule has 0 aliphatic carbocycles. The van der Waals surface area contributed by atoms with Crippen LogP contribution in [0.4, 0.5) is 0 Å². The standard InChI is InChI=1S/C22H27IN2O3/c1-15-6-4-5-7-16(15)14-25-10-8-17(9-11-25)24-22(26)18-12-20(27-2)21(28-3)13-19(18)23/h4-7,12-13,17H,8-11,14H2,1-3H3,(H,24,26). The molecule has 2 aromatic rings. The number of hydrogen-bond donors (Lipinski definition) is 1. The van der Waals surface area contributed by atoms with Crippen molar-refractivity contribution in [2.45, 2.75) is 32.4 Å². The van der Waals surface area contributed by atoms with Crippen LogP contribution in [-0.4, -0.2) is 44.2 Å². The molecule has 0 aromatic heterocycles. The summed E-state index contributed by atoms with van der Waals surface area (Å²) in [4.78, 5) is 15.3. The molecule has 1 saturated heterocycles. The summed E-state index contributed by atoms with van der Waals surface area (Å²) in [5.74, 6) is 1.15. The summed E-state index contributed by atoms with van der Waals surface area (Å²) >= 11 is 2.17. The fraction of sp³-hybridized carbons (Fsp3) is 0.409. The summed E-state index contributed by atoms with van der Waals surface area (Å²) in [6.45, 7) is 5.11. The van der Waals surface area contributed by atoms with Crippen LogP contribution in [0.5, 0.6) is 11.5 Å². The van der Waals surface area contributed by atoms with Crippen LogP contribution in [0.25, 0.3) is 0 Å². The molecule has 1 fully saturated rings. The number of halogens is 1. The van der Waals surface area contributed by atoms with Crippen LogP contribution in [0.15, 0.2) is 36.4 Å². The normalized spacial score (nSPS) is 15.3. The highest BCUT2D eigenvalue weighted by Crippen LogP contribution is 2.31. The van der Waals surface area contributed by atoms with E-state index in [0.717, 1.165) is 36.0 Å². The van der Waals surface area contributed by atoms with E-state index in [9.17, 15) is 4.79 Å². The van der Waals surface area contributed by atoms with Gasteiger partial charge >= 0.3 is 0 Å². The van der Waals surface area contributed by atoms with E-state index in [1.807, 2.05) is 6.07 Å². The number of carbonyl (C=O) groups is 1. The number of methoxy groups -OCH3 is 2. The first-order valence-corrected chi connectivity index (χ1v) is 10.6. The Morgan fingerprint density at radius 3 is 2.43 bits per heavy atom. The van der Waals surface area contributed by atoms with E-state index in [-0.39, 0.29) is 11.9 Å². The molecule has 1 aliphatic heterocycles. The number of nitrogens with zero attached hydrogens (tertiary/aromatic N) is 1. The molecule has 0 atom stereocenters. The van der Waals surface area contributed by atoms with Crippen molar-refractivity contribution in [1.29, 1.82) is 0 Å². The predicted octanol–water partition coefficient (Wildman–Crippen LogP) is 4.01. The van der Waals surface area contributed by atoms with Gasteiger partial charge in [-0.15, -0.1) is 0 Å². The van der Waals surface area contributed by atoms with Crippen molar-refractivity contribution in [2.24, 2.45) is 0 Å². The van der Waals surface area contributed by atoms with Gasteiger partial charge < -0.3 is 14.8 Å². The van der Waals surface area contributed by atoms with Crippen molar-refractivity contribution < 1.29 is 14.3 Å². The number of carbonyl (C=O) groups excluding carboxylic acids is 1. The van der Waals surface area contributed by atoms with Gasteiger partial charge in [-0.3, -0.25) is 9.69 Å². The zero-order chi connectivity index (χ0) is 20.1. The predicted molar refractivity (Wildman–Crippen MR) is 119 cm³/mol. The van der Waals surface area contributed by atoms with Crippen molar-refractivity contribution in [3.8, 4) is 11.5 Å². The molecule has 1 heterocycles. The Hall–Kier alpha value is -1.80. The molecule has 0 bridgehead atoms. The van der Waals surface area contributed by atoms with Crippen molar-refractivity contribution >= 4 is 28.5 Å². The molecule has 3 rings (SSSR count). The number of ether oxygens (including phenoxy) is 2. The van der Waals surface area contributed by atoms with Gasteiger partial charge in [0, 0.05) is 29.2 Å². The van der Waals surface area contributed by atoms with Crippen molar-refractivity contribution in [1.82, 2.24) is 10.2 Å². The summed E-state index contributed by atoms with van der Waals surface area (Å²) < 4.78 is 11.5. The Morgan fingerprint density at radius 2 is 1.79 bits per heavy atom. The van der Waals surface area contributed by atoms with Crippen LogP contribution >= 0.6 is 22.6 Å². The fourth-order valence-electron chi connectivity index (χ4n) is 3.56. The number of hydrogen-bond acceptors (Lipinski definition) is 4. The van der Waals surface area contributed by atoms with Gasteiger partial charge in [-0.05, 0) is 65.6 Å². The number of rotatable bonds is 6. The smallest absolute Gasteiger partial charge is 0.252 e. The molecular formula is C22H27IN2O3. The molecular weight excluding hydrogens is 467 g/mol. The second-order valence-electron chi connectivity index (χ2n) is 7.14. The third-order valence-electron chi connectivity index (χ3n) is 5.30. The minimum Gasteiger partial charge on any atom is -0.493 e. The van der Waals surface area contributed by atoms with E-state index in [2.05, 4.69) is 64.0 Å². The third kappa shape index (κ3) is 4.97. The fourth-order valence-corrected chi connectivity index (χ4v) is 4.24. The molecule has 2 aromatic carbocycles. The lowest BCUT2D eigenvalue weighted by atomic mass is 10.0. The Morgan fingerprint density at radius 1 is 1.14 bits per heavy atom. The van der Waals surface area contributed by atoms with Gasteiger partial charge in [0.1, 0.15) is 0 Å². The van der Waals surface area contributed by atoms with Crippen molar-refractivity contribution in [2.75, 3.05) is 27.3 Å². The highest BCUT2D eigenvalue weighted by Gasteiger charge is 2.23. The van der Waals surface area contributed by atoms with Crippen molar-refractivity contribution in [3.63, 3.8) is 0 Å². The van der Waals surface area contributed by atoms with Gasteiger partial charge in [0.25, 0.3) is 5.91 Å². The number of amides is 1. The summed E-state index contributed by atoms with van der Waals surface area (Å²) in [6.07, 6.45) is 1.92. The maximum absolute atomic E-state index is 12.8. The number of nitrogens with one attached hydrogen (secondary N) is 1. The molecule has 5 nitrogen and oxygen atoms in total. The zero-order valence-electron chi connectivity index (χ0n) is 16.6. The molecule has 0 unspecified atom stereocenters. The first kappa shape index (κ1) is 20.9. The van der Waals surface area contributed by atoms with Crippen LogP contribution in [0.1, 0.15) is 34.3 Å². The summed E-state index contributed by atoms with van der Waals surface area (Å²) in [6, 6.07) is 12.3. The lowest BCUT2D eigenvalue weighted by Gasteiger charge is -2.32. The number of piperidine rings is 1. The number of benzene rings is 2. The van der Waals surface area contributed by atoms with Gasteiger partial charge in [0.2, 0.25) is 0 Å². The Kier molecular flexibility index (Phi) is 7.18. The van der Waals surface area contributed by atoms with Gasteiger partial charge in [0.05, 0.1) is 19.8 Å². The Bertz CT molecular complexity index is 833. The van der Waals surface area contributed by atoms with Crippen LogP contribution in [-0.2, 0) is 6.54 Å². The van der Waals surface area contributed by atoms with Crippen molar-refractivity contribution in [3.05, 3.63) is 56.7 Å². The SMILES string of the molecule is COc1cc(I)c(C(=O)NC2CCN(Cc3ccccc3C)CC2)cc1OC. The van der Waals surface area contributed by atoms with Crippen LogP contribution in [0.2, 0.25) is 0 Å². The minimum absolute atomic E-state index is 0.0530. The van der Waals surface area contributed by atoms with E-state index in [0.29, 0.717) is 17.1 Å². The van der Waals surface area contributed by atoms with Gasteiger partial charge in [-0.25, -0.2) is 0 Å². The summed E-state index contributed by atoms with van der Waals surface area (Å²) in [5, 5.41) is 3.19. The molecule has 1 N–H and O–H groups in total. The van der Waals surface area contributed by atoms with Crippen LogP contribution in [0.3, 0.4) is 0 Å². The summed E-state index contributed by atoms with van der Waals surface area (Å²) in [7, 11) is 3.18. The average Bonchev–Trinajstić information content (AvgIpc) is 2.70. The Labute approximate surface area is 180 Å². The Balaban J connectivity index is 1.57. The highest BCUT2D eigenvalue weighted by atomic mass is 127. The van der Waals surface area contributed by atoms with E-state index in [1.165, 1.54) is 11.1 Å². The second-order valence-corrected chi connectivity index (χ2v) is 8.30. The number of likely N-dealkylation sites (tertiary alicyclic amines) is 1. The minimum atomic E-state index is -0.0530. The third-order valence-corrected chi connectivity index (χ3v) is 6.19. The van der Waals surface area contributed by atoms with E-state index >= 15 is 0 Å². The zero-order valence-corrected chi connectivity index (χ0v) is 18.8. The molecule has 0 saturated carbocycles. The quantitative estimate of drug-likeness (QED) is 0.617. The molecule has 0 radical (unpaired) electrons. The first-order chi connectivity index (χ1) is 13.5. The summed E-state index contributed by atoms with van der Waals surface area (Å²) in [5.41, 5.74) is 3.34. The highest BCUT2D eigenvalue weighted by molar-refractivity contribution is 14.1.